The number of benzene rings is 2. The Hall–Kier alpha value is -3.00. The number of hydrogen-bond acceptors (Lipinski definition) is 5. The molecular weight excluding hydrogens is 411 g/mol. The van der Waals surface area contributed by atoms with Crippen LogP contribution in [0.4, 0.5) is 13.2 Å². The van der Waals surface area contributed by atoms with Gasteiger partial charge >= 0.3 is 12.1 Å². The van der Waals surface area contributed by atoms with Crippen LogP contribution in [0.25, 0.3) is 11.3 Å². The predicted octanol–water partition coefficient (Wildman–Crippen LogP) is 5.69. The Labute approximate surface area is 169 Å². The Kier molecular flexibility index (Phi) is 5.83. The molecule has 0 aliphatic heterocycles. The molecule has 5 nitrogen and oxygen atoms in total. The molecule has 0 unspecified atom stereocenters. The average Bonchev–Trinajstić information content (AvgIpc) is 3.11. The molecule has 9 heteroatoms. The zero-order chi connectivity index (χ0) is 21.2. The number of halogens is 4. The van der Waals surface area contributed by atoms with Crippen molar-refractivity contribution in [3.8, 4) is 17.1 Å². The molecule has 0 aliphatic rings. The van der Waals surface area contributed by atoms with E-state index in [1.807, 2.05) is 0 Å². The Morgan fingerprint density at radius 3 is 2.55 bits per heavy atom. The quantitative estimate of drug-likeness (QED) is 0.491. The molecule has 0 atom stereocenters. The fourth-order valence-corrected chi connectivity index (χ4v) is 2.84. The molecule has 152 valence electrons. The van der Waals surface area contributed by atoms with Gasteiger partial charge in [-0.15, -0.1) is 0 Å². The van der Waals surface area contributed by atoms with E-state index in [0.29, 0.717) is 22.8 Å². The number of nitrogens with zero attached hydrogens (tertiary/aromatic N) is 1. The van der Waals surface area contributed by atoms with Gasteiger partial charge in [-0.25, -0.2) is 9.78 Å². The van der Waals surface area contributed by atoms with Crippen LogP contribution in [0.1, 0.15) is 27.4 Å². The van der Waals surface area contributed by atoms with Crippen LogP contribution in [0.3, 0.4) is 0 Å². The summed E-state index contributed by atoms with van der Waals surface area (Å²) < 4.78 is 54.1. The van der Waals surface area contributed by atoms with Crippen LogP contribution in [-0.2, 0) is 17.5 Å². The summed E-state index contributed by atoms with van der Waals surface area (Å²) in [4.78, 5) is 16.0. The smallest absolute Gasteiger partial charge is 0.416 e. The molecule has 3 rings (SSSR count). The van der Waals surface area contributed by atoms with Gasteiger partial charge in [0, 0.05) is 12.5 Å². The number of esters is 1. The standard InChI is InChI=1S/C20H15ClF3NO4/c1-11-25-9-18(29-11)13-5-12(6-14(7-13)19(26)27-2)10-28-17-4-3-15(8-16(17)21)20(22,23)24/h3-9H,10H2,1-2H3. The van der Waals surface area contributed by atoms with Crippen molar-refractivity contribution in [1.82, 2.24) is 4.98 Å². The van der Waals surface area contributed by atoms with Crippen LogP contribution in [0, 0.1) is 6.92 Å². The molecule has 0 saturated carbocycles. The Morgan fingerprint density at radius 1 is 1.21 bits per heavy atom. The summed E-state index contributed by atoms with van der Waals surface area (Å²) >= 11 is 5.91. The molecule has 0 spiro atoms. The molecule has 0 amide bonds. The van der Waals surface area contributed by atoms with Gasteiger partial charge in [0.05, 0.1) is 29.5 Å². The molecule has 2 aromatic carbocycles. The molecule has 0 bridgehead atoms. The van der Waals surface area contributed by atoms with Crippen molar-refractivity contribution < 1.29 is 31.9 Å². The lowest BCUT2D eigenvalue weighted by atomic mass is 10.0. The van der Waals surface area contributed by atoms with E-state index < -0.39 is 17.7 Å². The largest absolute Gasteiger partial charge is 0.487 e. The molecule has 0 saturated heterocycles. The van der Waals surface area contributed by atoms with Gasteiger partial charge in [-0.1, -0.05) is 11.6 Å². The number of rotatable bonds is 5. The fourth-order valence-electron chi connectivity index (χ4n) is 2.60. The second-order valence-corrected chi connectivity index (χ2v) is 6.49. The van der Waals surface area contributed by atoms with Crippen LogP contribution in [-0.4, -0.2) is 18.1 Å². The SMILES string of the molecule is COC(=O)c1cc(COc2ccc(C(F)(F)F)cc2Cl)cc(-c2cnc(C)o2)c1. The summed E-state index contributed by atoms with van der Waals surface area (Å²) in [6.45, 7) is 1.64. The molecule has 1 aromatic heterocycles. The highest BCUT2D eigenvalue weighted by Gasteiger charge is 2.31. The van der Waals surface area contributed by atoms with Gasteiger partial charge in [0.15, 0.2) is 11.7 Å². The van der Waals surface area contributed by atoms with Gasteiger partial charge in [0.25, 0.3) is 0 Å². The maximum absolute atomic E-state index is 12.8. The van der Waals surface area contributed by atoms with E-state index in [4.69, 9.17) is 25.5 Å². The molecule has 1 heterocycles. The number of oxazole rings is 1. The minimum Gasteiger partial charge on any atom is -0.487 e. The monoisotopic (exact) mass is 425 g/mol. The Balaban J connectivity index is 1.88. The molecule has 0 radical (unpaired) electrons. The average molecular weight is 426 g/mol. The summed E-state index contributed by atoms with van der Waals surface area (Å²) in [6.07, 6.45) is -2.98. The van der Waals surface area contributed by atoms with Gasteiger partial charge in [0.2, 0.25) is 0 Å². The van der Waals surface area contributed by atoms with Crippen molar-refractivity contribution in [1.29, 1.82) is 0 Å². The van der Waals surface area contributed by atoms with Gasteiger partial charge in [-0.2, -0.15) is 13.2 Å². The number of aromatic nitrogens is 1. The molecular formula is C20H15ClF3NO4. The number of methoxy groups -OCH3 is 1. The number of carbonyl (C=O) groups excluding carboxylic acids is 1. The number of carbonyl (C=O) groups is 1. The minimum atomic E-state index is -4.50. The molecule has 3 aromatic rings. The summed E-state index contributed by atoms with van der Waals surface area (Å²) in [6, 6.07) is 7.68. The second kappa shape index (κ2) is 8.16. The lowest BCUT2D eigenvalue weighted by molar-refractivity contribution is -0.137. The normalized spacial score (nSPS) is 11.4. The topological polar surface area (TPSA) is 61.6 Å². The fraction of sp³-hybridized carbons (Fsp3) is 0.200. The van der Waals surface area contributed by atoms with Crippen molar-refractivity contribution in [3.63, 3.8) is 0 Å². The van der Waals surface area contributed by atoms with Crippen LogP contribution in [0.15, 0.2) is 47.0 Å². The maximum Gasteiger partial charge on any atom is 0.416 e. The second-order valence-electron chi connectivity index (χ2n) is 6.09. The van der Waals surface area contributed by atoms with Gasteiger partial charge in [-0.05, 0) is 42.0 Å². The maximum atomic E-state index is 12.8. The van der Waals surface area contributed by atoms with Crippen LogP contribution in [0.2, 0.25) is 5.02 Å². The third-order valence-electron chi connectivity index (χ3n) is 3.97. The van der Waals surface area contributed by atoms with E-state index in [-0.39, 0.29) is 22.9 Å². The summed E-state index contributed by atoms with van der Waals surface area (Å²) in [5, 5.41) is -0.171. The van der Waals surface area contributed by atoms with E-state index in [1.165, 1.54) is 13.3 Å². The van der Waals surface area contributed by atoms with Gasteiger partial charge in [-0.3, -0.25) is 0 Å². The lowest BCUT2D eigenvalue weighted by Gasteiger charge is -2.12. The van der Waals surface area contributed by atoms with Crippen molar-refractivity contribution >= 4 is 17.6 Å². The van der Waals surface area contributed by atoms with Crippen LogP contribution < -0.4 is 4.74 Å². The zero-order valence-electron chi connectivity index (χ0n) is 15.3. The van der Waals surface area contributed by atoms with E-state index in [2.05, 4.69) is 4.98 Å². The zero-order valence-corrected chi connectivity index (χ0v) is 16.1. The van der Waals surface area contributed by atoms with Gasteiger partial charge in [0.1, 0.15) is 12.4 Å². The first-order chi connectivity index (χ1) is 13.7. The Morgan fingerprint density at radius 2 is 1.97 bits per heavy atom. The minimum absolute atomic E-state index is 0.0456. The Bertz CT molecular complexity index is 1050. The lowest BCUT2D eigenvalue weighted by Crippen LogP contribution is -2.06. The van der Waals surface area contributed by atoms with E-state index in [1.54, 1.807) is 25.1 Å². The molecule has 0 N–H and O–H groups in total. The van der Waals surface area contributed by atoms with Crippen molar-refractivity contribution in [2.75, 3.05) is 7.11 Å². The summed E-state index contributed by atoms with van der Waals surface area (Å²) in [7, 11) is 1.26. The van der Waals surface area contributed by atoms with E-state index in [9.17, 15) is 18.0 Å². The summed E-state index contributed by atoms with van der Waals surface area (Å²) in [5.74, 6) is 0.428. The number of aryl methyl sites for hydroxylation is 1. The number of alkyl halides is 3. The first-order valence-corrected chi connectivity index (χ1v) is 8.70. The van der Waals surface area contributed by atoms with E-state index >= 15 is 0 Å². The van der Waals surface area contributed by atoms with Crippen LogP contribution >= 0.6 is 11.6 Å². The predicted molar refractivity (Wildman–Crippen MR) is 98.8 cm³/mol. The highest BCUT2D eigenvalue weighted by Crippen LogP contribution is 2.35. The van der Waals surface area contributed by atoms with E-state index in [0.717, 1.165) is 18.2 Å². The van der Waals surface area contributed by atoms with Crippen molar-refractivity contribution in [2.24, 2.45) is 0 Å². The first-order valence-electron chi connectivity index (χ1n) is 8.32. The van der Waals surface area contributed by atoms with Crippen molar-refractivity contribution in [3.05, 3.63) is 70.2 Å². The third-order valence-corrected chi connectivity index (χ3v) is 4.27. The highest BCUT2D eigenvalue weighted by molar-refractivity contribution is 6.32. The molecule has 29 heavy (non-hydrogen) atoms. The summed E-state index contributed by atoms with van der Waals surface area (Å²) in [5.41, 5.74) is 0.528. The number of ether oxygens (including phenoxy) is 2. The first kappa shape index (κ1) is 20.7. The highest BCUT2D eigenvalue weighted by atomic mass is 35.5. The van der Waals surface area contributed by atoms with Crippen LogP contribution in [0.5, 0.6) is 5.75 Å². The molecule has 0 fully saturated rings. The number of hydrogen-bond donors (Lipinski definition) is 0. The molecule has 0 aliphatic carbocycles. The van der Waals surface area contributed by atoms with Gasteiger partial charge < -0.3 is 13.9 Å². The van der Waals surface area contributed by atoms with Crippen molar-refractivity contribution in [2.45, 2.75) is 19.7 Å². The third kappa shape index (κ3) is 4.89.